The Hall–Kier alpha value is -0.710. The average molecular weight is 365 g/mol. The van der Waals surface area contributed by atoms with Crippen LogP contribution in [0.5, 0.6) is 0 Å². The van der Waals surface area contributed by atoms with Crippen LogP contribution in [0.4, 0.5) is 0 Å². The number of nitrogens with zero attached hydrogens (tertiary/aromatic N) is 1. The molecule has 0 amide bonds. The highest BCUT2D eigenvalue weighted by Crippen LogP contribution is 2.33. The van der Waals surface area contributed by atoms with Gasteiger partial charge in [-0.25, -0.2) is 4.98 Å². The topological polar surface area (TPSA) is 24.9 Å². The number of fused-ring (bicyclic) bond motifs is 1. The number of thiazole rings is 1. The van der Waals surface area contributed by atoms with Gasteiger partial charge in [-0.05, 0) is 56.3 Å². The van der Waals surface area contributed by atoms with E-state index >= 15 is 0 Å². The first-order valence-electron chi connectivity index (χ1n) is 7.75. The molecule has 2 nitrogen and oxygen atoms in total. The Bertz CT molecular complexity index is 585. The van der Waals surface area contributed by atoms with Gasteiger partial charge in [-0.15, -0.1) is 11.3 Å². The molecule has 0 aliphatic heterocycles. The third-order valence-corrected chi connectivity index (χ3v) is 5.61. The molecule has 0 bridgehead atoms. The van der Waals surface area contributed by atoms with Gasteiger partial charge < -0.3 is 5.32 Å². The van der Waals surface area contributed by atoms with E-state index in [1.807, 2.05) is 11.3 Å². The second-order valence-electron chi connectivity index (χ2n) is 5.57. The summed E-state index contributed by atoms with van der Waals surface area (Å²) in [5, 5.41) is 4.90. The zero-order valence-electron chi connectivity index (χ0n) is 12.4. The Labute approximate surface area is 139 Å². The molecule has 0 spiro atoms. The fourth-order valence-electron chi connectivity index (χ4n) is 2.82. The van der Waals surface area contributed by atoms with Crippen molar-refractivity contribution in [3.05, 3.63) is 49.9 Å². The Balaban J connectivity index is 1.93. The first-order valence-corrected chi connectivity index (χ1v) is 9.36. The second-order valence-corrected chi connectivity index (χ2v) is 7.60. The summed E-state index contributed by atoms with van der Waals surface area (Å²) in [4.78, 5) is 6.46. The van der Waals surface area contributed by atoms with E-state index in [9.17, 15) is 0 Å². The van der Waals surface area contributed by atoms with Crippen LogP contribution in [0.25, 0.3) is 0 Å². The number of halogens is 1. The van der Waals surface area contributed by atoms with Gasteiger partial charge in [0.1, 0.15) is 5.01 Å². The number of nitrogens with one attached hydrogen (secondary N) is 1. The number of aromatic nitrogens is 1. The lowest BCUT2D eigenvalue weighted by molar-refractivity contribution is 0.592. The summed E-state index contributed by atoms with van der Waals surface area (Å²) < 4.78 is 1.13. The SMILES string of the molecule is CCCNC(c1cccc(Br)c1)c1nc2c(s1)CCCC2. The maximum Gasteiger partial charge on any atom is 0.115 e. The summed E-state index contributed by atoms with van der Waals surface area (Å²) in [7, 11) is 0. The normalized spacial score (nSPS) is 15.7. The van der Waals surface area contributed by atoms with Crippen LogP contribution in [0.3, 0.4) is 0 Å². The summed E-state index contributed by atoms with van der Waals surface area (Å²) in [5.74, 6) is 0. The van der Waals surface area contributed by atoms with Crippen molar-refractivity contribution in [3.8, 4) is 0 Å². The predicted octanol–water partition coefficient (Wildman–Crippen LogP) is 4.87. The van der Waals surface area contributed by atoms with E-state index in [1.165, 1.54) is 40.4 Å². The lowest BCUT2D eigenvalue weighted by atomic mass is 10.0. The van der Waals surface area contributed by atoms with E-state index in [-0.39, 0.29) is 6.04 Å². The van der Waals surface area contributed by atoms with Crippen molar-refractivity contribution in [2.75, 3.05) is 6.54 Å². The molecule has 1 aromatic heterocycles. The van der Waals surface area contributed by atoms with Gasteiger partial charge in [-0.3, -0.25) is 0 Å². The summed E-state index contributed by atoms with van der Waals surface area (Å²) >= 11 is 5.49. The quantitative estimate of drug-likeness (QED) is 0.817. The van der Waals surface area contributed by atoms with E-state index in [4.69, 9.17) is 4.98 Å². The standard InChI is InChI=1S/C17H21BrN2S/c1-2-10-19-16(12-6-5-7-13(18)11-12)17-20-14-8-3-4-9-15(14)21-17/h5-7,11,16,19H,2-4,8-10H2,1H3. The number of hydrogen-bond acceptors (Lipinski definition) is 3. The Morgan fingerprint density at radius 3 is 2.95 bits per heavy atom. The Morgan fingerprint density at radius 1 is 1.33 bits per heavy atom. The number of hydrogen-bond donors (Lipinski definition) is 1. The van der Waals surface area contributed by atoms with Gasteiger partial charge in [0, 0.05) is 9.35 Å². The maximum atomic E-state index is 4.95. The smallest absolute Gasteiger partial charge is 0.115 e. The van der Waals surface area contributed by atoms with Crippen molar-refractivity contribution in [2.45, 2.75) is 45.1 Å². The monoisotopic (exact) mass is 364 g/mol. The fraction of sp³-hybridized carbons (Fsp3) is 0.471. The number of benzene rings is 1. The molecule has 1 aliphatic rings. The van der Waals surface area contributed by atoms with E-state index in [0.717, 1.165) is 23.9 Å². The molecule has 2 aromatic rings. The maximum absolute atomic E-state index is 4.95. The molecular formula is C17H21BrN2S. The summed E-state index contributed by atoms with van der Waals surface area (Å²) in [5.41, 5.74) is 2.64. The van der Waals surface area contributed by atoms with Crippen LogP contribution in [0, 0.1) is 0 Å². The van der Waals surface area contributed by atoms with Crippen LogP contribution in [-0.4, -0.2) is 11.5 Å². The molecule has 112 valence electrons. The first kappa shape index (κ1) is 15.2. The van der Waals surface area contributed by atoms with Crippen LogP contribution in [0.2, 0.25) is 0 Å². The van der Waals surface area contributed by atoms with Crippen molar-refractivity contribution >= 4 is 27.3 Å². The molecule has 0 saturated carbocycles. The third kappa shape index (κ3) is 3.55. The molecule has 0 saturated heterocycles. The van der Waals surface area contributed by atoms with Gasteiger partial charge in [0.05, 0.1) is 11.7 Å². The van der Waals surface area contributed by atoms with Crippen molar-refractivity contribution in [3.63, 3.8) is 0 Å². The first-order chi connectivity index (χ1) is 10.3. The highest BCUT2D eigenvalue weighted by atomic mass is 79.9. The molecule has 21 heavy (non-hydrogen) atoms. The fourth-order valence-corrected chi connectivity index (χ4v) is 4.49. The molecule has 0 radical (unpaired) electrons. The lowest BCUT2D eigenvalue weighted by Gasteiger charge is -2.17. The lowest BCUT2D eigenvalue weighted by Crippen LogP contribution is -2.23. The Morgan fingerprint density at radius 2 is 2.19 bits per heavy atom. The molecule has 1 heterocycles. The van der Waals surface area contributed by atoms with Crippen LogP contribution >= 0.6 is 27.3 Å². The van der Waals surface area contributed by atoms with Gasteiger partial charge in [-0.2, -0.15) is 0 Å². The molecule has 1 aromatic carbocycles. The predicted molar refractivity (Wildman–Crippen MR) is 93.0 cm³/mol. The van der Waals surface area contributed by atoms with Crippen molar-refractivity contribution < 1.29 is 0 Å². The highest BCUT2D eigenvalue weighted by Gasteiger charge is 2.22. The molecule has 4 heteroatoms. The van der Waals surface area contributed by atoms with Gasteiger partial charge in [0.15, 0.2) is 0 Å². The molecule has 1 aliphatic carbocycles. The number of aryl methyl sites for hydroxylation is 2. The van der Waals surface area contributed by atoms with E-state index in [0.29, 0.717) is 0 Å². The summed E-state index contributed by atoms with van der Waals surface area (Å²) in [6, 6.07) is 8.80. The van der Waals surface area contributed by atoms with Crippen LogP contribution in [-0.2, 0) is 12.8 Å². The van der Waals surface area contributed by atoms with Crippen molar-refractivity contribution in [1.82, 2.24) is 10.3 Å². The van der Waals surface area contributed by atoms with Crippen LogP contribution < -0.4 is 5.32 Å². The van der Waals surface area contributed by atoms with Crippen LogP contribution in [0.1, 0.15) is 53.4 Å². The average Bonchev–Trinajstić information content (AvgIpc) is 2.91. The molecule has 1 atom stereocenters. The zero-order valence-corrected chi connectivity index (χ0v) is 14.8. The molecule has 3 rings (SSSR count). The highest BCUT2D eigenvalue weighted by molar-refractivity contribution is 9.10. The van der Waals surface area contributed by atoms with Gasteiger partial charge in [-0.1, -0.05) is 35.0 Å². The van der Waals surface area contributed by atoms with E-state index < -0.39 is 0 Å². The van der Waals surface area contributed by atoms with Crippen LogP contribution in [0.15, 0.2) is 28.7 Å². The largest absolute Gasteiger partial charge is 0.304 e. The zero-order chi connectivity index (χ0) is 14.7. The molecule has 0 fully saturated rings. The minimum absolute atomic E-state index is 0.220. The molecule has 1 unspecified atom stereocenters. The summed E-state index contributed by atoms with van der Waals surface area (Å²) in [6.45, 7) is 3.22. The van der Waals surface area contributed by atoms with Crippen molar-refractivity contribution in [1.29, 1.82) is 0 Å². The second kappa shape index (κ2) is 7.03. The van der Waals surface area contributed by atoms with E-state index in [2.05, 4.69) is 52.4 Å². The third-order valence-electron chi connectivity index (χ3n) is 3.89. The minimum atomic E-state index is 0.220. The van der Waals surface area contributed by atoms with Gasteiger partial charge in [0.25, 0.3) is 0 Å². The summed E-state index contributed by atoms with van der Waals surface area (Å²) in [6.07, 6.45) is 6.12. The molecular weight excluding hydrogens is 344 g/mol. The molecule has 1 N–H and O–H groups in total. The Kier molecular flexibility index (Phi) is 5.09. The van der Waals surface area contributed by atoms with Gasteiger partial charge in [0.2, 0.25) is 0 Å². The minimum Gasteiger partial charge on any atom is -0.304 e. The number of rotatable bonds is 5. The van der Waals surface area contributed by atoms with Gasteiger partial charge >= 0.3 is 0 Å². The van der Waals surface area contributed by atoms with E-state index in [1.54, 1.807) is 0 Å². The van der Waals surface area contributed by atoms with Crippen molar-refractivity contribution in [2.24, 2.45) is 0 Å².